The maximum absolute atomic E-state index is 2.40. The fraction of sp³-hybridized carbons (Fsp3) is 0.600. The SMILES string of the molecule is C1=C[Te]CCC1. The summed E-state index contributed by atoms with van der Waals surface area (Å²) in [7, 11) is 0. The quantitative estimate of drug-likeness (QED) is 0.513. The molecule has 6 heavy (non-hydrogen) atoms. The van der Waals surface area contributed by atoms with Crippen LogP contribution in [-0.4, -0.2) is 20.9 Å². The Morgan fingerprint density at radius 2 is 2.50 bits per heavy atom. The van der Waals surface area contributed by atoms with E-state index in [4.69, 9.17) is 0 Å². The van der Waals surface area contributed by atoms with Gasteiger partial charge in [-0.05, 0) is 0 Å². The van der Waals surface area contributed by atoms with Crippen molar-refractivity contribution in [3.05, 3.63) is 10.2 Å². The van der Waals surface area contributed by atoms with Crippen LogP contribution in [0.2, 0.25) is 4.47 Å². The molecule has 1 heterocycles. The van der Waals surface area contributed by atoms with E-state index < -0.39 is 0 Å². The molecule has 0 nitrogen and oxygen atoms in total. The summed E-state index contributed by atoms with van der Waals surface area (Å²) < 4.78 is 3.94. The van der Waals surface area contributed by atoms with Crippen LogP contribution in [0.25, 0.3) is 0 Å². The third kappa shape index (κ3) is 1.32. The van der Waals surface area contributed by atoms with Crippen LogP contribution in [0, 0.1) is 0 Å². The minimum atomic E-state index is 0.391. The molecule has 0 N–H and O–H groups in total. The second-order valence-electron chi connectivity index (χ2n) is 1.38. The van der Waals surface area contributed by atoms with Gasteiger partial charge in [-0.2, -0.15) is 0 Å². The van der Waals surface area contributed by atoms with Crippen molar-refractivity contribution in [3.63, 3.8) is 0 Å². The zero-order valence-electron chi connectivity index (χ0n) is 3.68. The van der Waals surface area contributed by atoms with E-state index >= 15 is 0 Å². The number of rotatable bonds is 0. The Hall–Kier alpha value is 0.530. The first kappa shape index (κ1) is 4.68. The molecule has 0 amide bonds. The van der Waals surface area contributed by atoms with E-state index in [-0.39, 0.29) is 0 Å². The number of hydrogen-bond acceptors (Lipinski definition) is 0. The standard InChI is InChI=1S/C5H8Te/c1-2-4-6-5-3-1/h2,4H,1,3,5H2. The first-order chi connectivity index (χ1) is 3.00. The van der Waals surface area contributed by atoms with Crippen LogP contribution in [0.3, 0.4) is 0 Å². The third-order valence-electron chi connectivity index (χ3n) is 0.825. The molecule has 1 rings (SSSR count). The van der Waals surface area contributed by atoms with Gasteiger partial charge in [0.15, 0.2) is 0 Å². The fourth-order valence-electron chi connectivity index (χ4n) is 0.489. The Labute approximate surface area is 48.7 Å². The van der Waals surface area contributed by atoms with Gasteiger partial charge in [0.25, 0.3) is 0 Å². The summed E-state index contributed by atoms with van der Waals surface area (Å²) in [6.07, 6.45) is 5.15. The number of allylic oxidation sites excluding steroid dienone is 1. The average Bonchev–Trinajstić information content (AvgIpc) is 1.72. The predicted octanol–water partition coefficient (Wildman–Crippen LogP) is 1.42. The van der Waals surface area contributed by atoms with Crippen molar-refractivity contribution < 1.29 is 0 Å². The van der Waals surface area contributed by atoms with E-state index in [0.29, 0.717) is 20.9 Å². The van der Waals surface area contributed by atoms with Gasteiger partial charge in [0, 0.05) is 0 Å². The zero-order valence-corrected chi connectivity index (χ0v) is 6.01. The van der Waals surface area contributed by atoms with Gasteiger partial charge in [-0.3, -0.25) is 0 Å². The summed E-state index contributed by atoms with van der Waals surface area (Å²) in [5.74, 6) is 0. The Morgan fingerprint density at radius 1 is 1.50 bits per heavy atom. The summed E-state index contributed by atoms with van der Waals surface area (Å²) in [5, 5.41) is 0. The molecule has 0 saturated heterocycles. The van der Waals surface area contributed by atoms with Crippen molar-refractivity contribution in [2.24, 2.45) is 0 Å². The Kier molecular flexibility index (Phi) is 2.08. The van der Waals surface area contributed by atoms with E-state index in [9.17, 15) is 0 Å². The molecule has 1 aliphatic rings. The van der Waals surface area contributed by atoms with E-state index in [1.165, 1.54) is 12.8 Å². The van der Waals surface area contributed by atoms with Gasteiger partial charge in [0.1, 0.15) is 0 Å². The van der Waals surface area contributed by atoms with E-state index in [1.54, 1.807) is 4.47 Å². The van der Waals surface area contributed by atoms with Crippen molar-refractivity contribution in [3.8, 4) is 0 Å². The molecule has 0 fully saturated rings. The third-order valence-corrected chi connectivity index (χ3v) is 3.42. The van der Waals surface area contributed by atoms with Gasteiger partial charge < -0.3 is 0 Å². The van der Waals surface area contributed by atoms with Gasteiger partial charge in [0.2, 0.25) is 0 Å². The summed E-state index contributed by atoms with van der Waals surface area (Å²) >= 11 is 0.391. The van der Waals surface area contributed by atoms with Gasteiger partial charge in [-0.25, -0.2) is 0 Å². The second kappa shape index (κ2) is 2.66. The van der Waals surface area contributed by atoms with E-state index in [0.717, 1.165) is 0 Å². The van der Waals surface area contributed by atoms with Gasteiger partial charge >= 0.3 is 48.4 Å². The maximum atomic E-state index is 2.40. The molecular weight excluding hydrogens is 188 g/mol. The molecule has 0 aliphatic carbocycles. The van der Waals surface area contributed by atoms with Crippen LogP contribution in [0.1, 0.15) is 12.8 Å². The Balaban J connectivity index is 2.26. The zero-order chi connectivity index (χ0) is 4.24. The Morgan fingerprint density at radius 3 is 2.67 bits per heavy atom. The van der Waals surface area contributed by atoms with Crippen LogP contribution in [0.4, 0.5) is 0 Å². The van der Waals surface area contributed by atoms with Crippen molar-refractivity contribution in [1.29, 1.82) is 0 Å². The van der Waals surface area contributed by atoms with Crippen LogP contribution < -0.4 is 0 Å². The van der Waals surface area contributed by atoms with Gasteiger partial charge in [-0.15, -0.1) is 0 Å². The van der Waals surface area contributed by atoms with E-state index in [2.05, 4.69) is 10.2 Å². The average molecular weight is 196 g/mol. The van der Waals surface area contributed by atoms with Crippen LogP contribution in [0.15, 0.2) is 10.2 Å². The summed E-state index contributed by atoms with van der Waals surface area (Å²) in [5.41, 5.74) is 0. The molecule has 0 aromatic rings. The molecule has 0 aromatic heterocycles. The molecule has 0 unspecified atom stereocenters. The Bertz CT molecular complexity index is 49.0. The molecule has 1 heteroatoms. The molecule has 0 aromatic carbocycles. The normalized spacial score (nSPS) is 21.3. The second-order valence-corrected chi connectivity index (χ2v) is 4.28. The molecule has 0 atom stereocenters. The van der Waals surface area contributed by atoms with Crippen molar-refractivity contribution >= 4 is 20.9 Å². The first-order valence-electron chi connectivity index (χ1n) is 2.27. The predicted molar refractivity (Wildman–Crippen MR) is 28.9 cm³/mol. The molecule has 0 radical (unpaired) electrons. The molecule has 34 valence electrons. The summed E-state index contributed by atoms with van der Waals surface area (Å²) in [6.45, 7) is 0. The van der Waals surface area contributed by atoms with E-state index in [1.807, 2.05) is 0 Å². The molecule has 0 spiro atoms. The monoisotopic (exact) mass is 198 g/mol. The van der Waals surface area contributed by atoms with Crippen LogP contribution in [0.5, 0.6) is 0 Å². The van der Waals surface area contributed by atoms with Crippen molar-refractivity contribution in [2.45, 2.75) is 17.3 Å². The summed E-state index contributed by atoms with van der Waals surface area (Å²) in [6, 6.07) is 0. The van der Waals surface area contributed by atoms with Gasteiger partial charge in [-0.1, -0.05) is 0 Å². The van der Waals surface area contributed by atoms with Crippen LogP contribution in [-0.2, 0) is 0 Å². The van der Waals surface area contributed by atoms with Crippen LogP contribution >= 0.6 is 0 Å². The molecule has 0 saturated carbocycles. The van der Waals surface area contributed by atoms with Crippen molar-refractivity contribution in [2.75, 3.05) is 0 Å². The topological polar surface area (TPSA) is 0 Å². The fourth-order valence-corrected chi connectivity index (χ4v) is 2.61. The van der Waals surface area contributed by atoms with Gasteiger partial charge in [0.05, 0.1) is 0 Å². The molecule has 1 aliphatic heterocycles. The number of hydrogen-bond donors (Lipinski definition) is 0. The molecule has 0 bridgehead atoms. The first-order valence-corrected chi connectivity index (χ1v) is 5.26. The van der Waals surface area contributed by atoms with Crippen molar-refractivity contribution in [1.82, 2.24) is 0 Å². The summed E-state index contributed by atoms with van der Waals surface area (Å²) in [4.78, 5) is 0. The molecular formula is C5H8Te. The minimum absolute atomic E-state index is 0.391.